The Kier molecular flexibility index (Phi) is 3.43. The molecule has 0 radical (unpaired) electrons. The highest BCUT2D eigenvalue weighted by Gasteiger charge is 2.21. The molecule has 0 N–H and O–H groups in total. The third kappa shape index (κ3) is 2.47. The Morgan fingerprint density at radius 3 is 3.00 bits per heavy atom. The molecule has 0 spiro atoms. The number of hydrogen-bond acceptors (Lipinski definition) is 4. The Balaban J connectivity index is 2.14. The van der Waals surface area contributed by atoms with E-state index in [0.717, 1.165) is 6.54 Å². The highest BCUT2D eigenvalue weighted by molar-refractivity contribution is 5.91. The van der Waals surface area contributed by atoms with Gasteiger partial charge in [-0.05, 0) is 25.7 Å². The molecule has 0 saturated heterocycles. The summed E-state index contributed by atoms with van der Waals surface area (Å²) in [6.07, 6.45) is 5.30. The molecule has 1 aromatic heterocycles. The van der Waals surface area contributed by atoms with Crippen molar-refractivity contribution in [3.05, 3.63) is 17.5 Å². The zero-order valence-corrected chi connectivity index (χ0v) is 9.85. The quantitative estimate of drug-likeness (QED) is 0.743. The van der Waals surface area contributed by atoms with E-state index in [1.165, 1.54) is 19.3 Å². The zero-order chi connectivity index (χ0) is 12.3. The molecule has 1 aliphatic carbocycles. The molecule has 1 heterocycles. The molecule has 1 aliphatic rings. The fourth-order valence-electron chi connectivity index (χ4n) is 1.90. The molecule has 1 saturated carbocycles. The number of esters is 1. The highest BCUT2D eigenvalue weighted by Crippen LogP contribution is 2.27. The van der Waals surface area contributed by atoms with E-state index in [2.05, 4.69) is 5.10 Å². The second kappa shape index (κ2) is 5.00. The summed E-state index contributed by atoms with van der Waals surface area (Å²) in [6, 6.07) is 1.93. The molecule has 5 heteroatoms. The minimum atomic E-state index is -0.469. The maximum Gasteiger partial charge on any atom is 0.342 e. The van der Waals surface area contributed by atoms with Crippen LogP contribution in [0.5, 0.6) is 0 Å². The van der Waals surface area contributed by atoms with Crippen molar-refractivity contribution in [1.82, 2.24) is 9.78 Å². The monoisotopic (exact) mass is 233 g/mol. The van der Waals surface area contributed by atoms with E-state index in [0.29, 0.717) is 12.5 Å². The number of aromatic nitrogens is 2. The lowest BCUT2D eigenvalue weighted by molar-refractivity contribution is 0.0526. The minimum Gasteiger partial charge on any atom is -0.462 e. The Labute approximate surface area is 100.0 Å². The highest BCUT2D eigenvalue weighted by atomic mass is 16.5. The number of hydrogen-bond donors (Lipinski definition) is 0. The number of nitrogens with zero attached hydrogens (tertiary/aromatic N) is 3. The summed E-state index contributed by atoms with van der Waals surface area (Å²) in [5, 5.41) is 13.0. The molecule has 0 bridgehead atoms. The summed E-state index contributed by atoms with van der Waals surface area (Å²) in [7, 11) is 0. The first-order valence-electron chi connectivity index (χ1n) is 5.89. The predicted molar refractivity (Wildman–Crippen MR) is 60.2 cm³/mol. The van der Waals surface area contributed by atoms with Gasteiger partial charge in [0.25, 0.3) is 0 Å². The Hall–Kier alpha value is -1.83. The van der Waals surface area contributed by atoms with Crippen LogP contribution in [0.3, 0.4) is 0 Å². The molecule has 0 aromatic carbocycles. The first-order valence-corrected chi connectivity index (χ1v) is 5.89. The van der Waals surface area contributed by atoms with E-state index < -0.39 is 5.97 Å². The van der Waals surface area contributed by atoms with Crippen molar-refractivity contribution in [2.75, 3.05) is 6.61 Å². The zero-order valence-electron chi connectivity index (χ0n) is 9.85. The second-order valence-electron chi connectivity index (χ2n) is 4.24. The van der Waals surface area contributed by atoms with E-state index >= 15 is 0 Å². The number of rotatable bonds is 4. The van der Waals surface area contributed by atoms with Gasteiger partial charge in [0.1, 0.15) is 11.6 Å². The van der Waals surface area contributed by atoms with E-state index in [-0.39, 0.29) is 11.3 Å². The first kappa shape index (κ1) is 11.6. The predicted octanol–water partition coefficient (Wildman–Crippen LogP) is 1.73. The van der Waals surface area contributed by atoms with Crippen LogP contribution in [0.15, 0.2) is 6.20 Å². The largest absolute Gasteiger partial charge is 0.462 e. The van der Waals surface area contributed by atoms with Gasteiger partial charge in [-0.15, -0.1) is 0 Å². The van der Waals surface area contributed by atoms with Crippen LogP contribution < -0.4 is 0 Å². The van der Waals surface area contributed by atoms with E-state index in [1.807, 2.05) is 6.07 Å². The van der Waals surface area contributed by atoms with Crippen LogP contribution in [0.4, 0.5) is 0 Å². The van der Waals surface area contributed by atoms with Crippen molar-refractivity contribution in [1.29, 1.82) is 5.26 Å². The third-order valence-electron chi connectivity index (χ3n) is 3.03. The van der Waals surface area contributed by atoms with Crippen LogP contribution in [0, 0.1) is 17.2 Å². The van der Waals surface area contributed by atoms with Gasteiger partial charge in [-0.25, -0.2) is 4.79 Å². The van der Waals surface area contributed by atoms with Gasteiger partial charge >= 0.3 is 5.97 Å². The van der Waals surface area contributed by atoms with E-state index in [9.17, 15) is 4.79 Å². The summed E-state index contributed by atoms with van der Waals surface area (Å²) < 4.78 is 6.57. The van der Waals surface area contributed by atoms with Crippen molar-refractivity contribution in [2.45, 2.75) is 32.7 Å². The first-order chi connectivity index (χ1) is 8.24. The molecule has 0 atom stereocenters. The van der Waals surface area contributed by atoms with Crippen LogP contribution in [-0.2, 0) is 11.3 Å². The van der Waals surface area contributed by atoms with Gasteiger partial charge in [0.15, 0.2) is 5.69 Å². The van der Waals surface area contributed by atoms with Crippen molar-refractivity contribution < 1.29 is 9.53 Å². The lowest BCUT2D eigenvalue weighted by Gasteiger charge is -2.24. The summed E-state index contributed by atoms with van der Waals surface area (Å²) in [6.45, 7) is 2.83. The lowest BCUT2D eigenvalue weighted by Crippen LogP contribution is -2.18. The van der Waals surface area contributed by atoms with Crippen molar-refractivity contribution in [3.63, 3.8) is 0 Å². The topological polar surface area (TPSA) is 67.9 Å². The van der Waals surface area contributed by atoms with Gasteiger partial charge in [-0.2, -0.15) is 10.4 Å². The molecule has 5 nitrogen and oxygen atoms in total. The van der Waals surface area contributed by atoms with Gasteiger partial charge in [0, 0.05) is 12.7 Å². The summed E-state index contributed by atoms with van der Waals surface area (Å²) in [5.74, 6) is 0.167. The van der Waals surface area contributed by atoms with E-state index in [4.69, 9.17) is 10.00 Å². The Morgan fingerprint density at radius 2 is 2.47 bits per heavy atom. The second-order valence-corrected chi connectivity index (χ2v) is 4.24. The molecule has 2 rings (SSSR count). The van der Waals surface area contributed by atoms with Crippen LogP contribution >= 0.6 is 0 Å². The number of ether oxygens (including phenoxy) is 1. The van der Waals surface area contributed by atoms with Crippen LogP contribution in [-0.4, -0.2) is 22.4 Å². The molecule has 0 aliphatic heterocycles. The number of nitriles is 1. The van der Waals surface area contributed by atoms with Gasteiger partial charge < -0.3 is 4.74 Å². The molecule has 1 fully saturated rings. The van der Waals surface area contributed by atoms with Gasteiger partial charge in [0.05, 0.1) is 6.61 Å². The average Bonchev–Trinajstić information content (AvgIpc) is 2.67. The number of carbonyl (C=O) groups is 1. The molecule has 90 valence electrons. The average molecular weight is 233 g/mol. The van der Waals surface area contributed by atoms with E-state index in [1.54, 1.807) is 17.8 Å². The fourth-order valence-corrected chi connectivity index (χ4v) is 1.90. The van der Waals surface area contributed by atoms with Crippen LogP contribution in [0.25, 0.3) is 0 Å². The smallest absolute Gasteiger partial charge is 0.342 e. The van der Waals surface area contributed by atoms with Gasteiger partial charge in [-0.3, -0.25) is 4.68 Å². The summed E-state index contributed by atoms with van der Waals surface area (Å²) >= 11 is 0. The third-order valence-corrected chi connectivity index (χ3v) is 3.03. The normalized spacial score (nSPS) is 15.1. The van der Waals surface area contributed by atoms with Gasteiger partial charge in [0.2, 0.25) is 0 Å². The lowest BCUT2D eigenvalue weighted by atomic mass is 9.85. The molecule has 0 unspecified atom stereocenters. The molecule has 0 amide bonds. The molecule has 17 heavy (non-hydrogen) atoms. The number of carbonyl (C=O) groups excluding carboxylic acids is 1. The molecular weight excluding hydrogens is 218 g/mol. The minimum absolute atomic E-state index is 0.155. The molecule has 1 aromatic rings. The van der Waals surface area contributed by atoms with Crippen LogP contribution in [0.1, 0.15) is 42.2 Å². The Morgan fingerprint density at radius 1 is 1.71 bits per heavy atom. The standard InChI is InChI=1S/C12H15N3O2/c1-2-17-12(16)10-8-15(14-11(10)6-13)7-9-4-3-5-9/h8-9H,2-5,7H2,1H3. The summed E-state index contributed by atoms with van der Waals surface area (Å²) in [5.41, 5.74) is 0.427. The van der Waals surface area contributed by atoms with Crippen molar-refractivity contribution in [3.8, 4) is 6.07 Å². The fraction of sp³-hybridized carbons (Fsp3) is 0.583. The van der Waals surface area contributed by atoms with Crippen molar-refractivity contribution in [2.24, 2.45) is 5.92 Å². The van der Waals surface area contributed by atoms with Crippen LogP contribution in [0.2, 0.25) is 0 Å². The summed E-state index contributed by atoms with van der Waals surface area (Å²) in [4.78, 5) is 11.6. The van der Waals surface area contributed by atoms with Gasteiger partial charge in [-0.1, -0.05) is 6.42 Å². The molecular formula is C12H15N3O2. The maximum absolute atomic E-state index is 11.6. The Bertz CT molecular complexity index is 455. The SMILES string of the molecule is CCOC(=O)c1cn(CC2CCC2)nc1C#N. The van der Waals surface area contributed by atoms with Crippen molar-refractivity contribution >= 4 is 5.97 Å². The maximum atomic E-state index is 11.6.